The van der Waals surface area contributed by atoms with Crippen LogP contribution in [0.1, 0.15) is 42.2 Å². The zero-order chi connectivity index (χ0) is 13.8. The van der Waals surface area contributed by atoms with Crippen molar-refractivity contribution < 1.29 is 0 Å². The van der Waals surface area contributed by atoms with Gasteiger partial charge in [0.05, 0.1) is 6.04 Å². The summed E-state index contributed by atoms with van der Waals surface area (Å²) >= 11 is 0. The van der Waals surface area contributed by atoms with E-state index in [4.69, 9.17) is 0 Å². The van der Waals surface area contributed by atoms with Crippen LogP contribution in [-0.4, -0.2) is 21.6 Å². The molecule has 0 fully saturated rings. The van der Waals surface area contributed by atoms with Crippen molar-refractivity contribution >= 4 is 0 Å². The van der Waals surface area contributed by atoms with E-state index in [-0.39, 0.29) is 6.04 Å². The van der Waals surface area contributed by atoms with Crippen molar-refractivity contribution in [3.8, 4) is 0 Å². The molecule has 0 aromatic carbocycles. The van der Waals surface area contributed by atoms with Gasteiger partial charge in [-0.25, -0.2) is 4.98 Å². The molecule has 2 aromatic rings. The van der Waals surface area contributed by atoms with Crippen LogP contribution >= 0.6 is 0 Å². The van der Waals surface area contributed by atoms with E-state index in [1.54, 1.807) is 0 Å². The lowest BCUT2D eigenvalue weighted by Crippen LogP contribution is -2.22. The van der Waals surface area contributed by atoms with Gasteiger partial charge in [0.25, 0.3) is 0 Å². The molecule has 4 nitrogen and oxygen atoms in total. The Morgan fingerprint density at radius 3 is 2.53 bits per heavy atom. The molecular weight excluding hydrogens is 236 g/mol. The van der Waals surface area contributed by atoms with Crippen molar-refractivity contribution in [1.29, 1.82) is 0 Å². The lowest BCUT2D eigenvalue weighted by Gasteiger charge is -2.18. The Balaban J connectivity index is 2.40. The first-order valence-electron chi connectivity index (χ1n) is 6.79. The van der Waals surface area contributed by atoms with Crippen molar-refractivity contribution in [2.24, 2.45) is 0 Å². The molecule has 0 saturated carbocycles. The van der Waals surface area contributed by atoms with Gasteiger partial charge in [0.15, 0.2) is 0 Å². The third-order valence-corrected chi connectivity index (χ3v) is 3.20. The van der Waals surface area contributed by atoms with Gasteiger partial charge in [0.1, 0.15) is 5.82 Å². The number of nitrogens with zero attached hydrogens (tertiary/aromatic N) is 3. The van der Waals surface area contributed by atoms with Gasteiger partial charge in [0.2, 0.25) is 0 Å². The van der Waals surface area contributed by atoms with E-state index in [1.807, 2.05) is 33.3 Å². The van der Waals surface area contributed by atoms with Gasteiger partial charge in [-0.05, 0) is 45.0 Å². The molecule has 4 heteroatoms. The highest BCUT2D eigenvalue weighted by atomic mass is 15.1. The summed E-state index contributed by atoms with van der Waals surface area (Å²) in [5, 5.41) is 3.36. The fourth-order valence-electron chi connectivity index (χ4n) is 2.49. The maximum absolute atomic E-state index is 4.52. The molecule has 0 spiro atoms. The van der Waals surface area contributed by atoms with E-state index in [2.05, 4.69) is 38.9 Å². The highest BCUT2D eigenvalue weighted by Crippen LogP contribution is 2.21. The average molecular weight is 258 g/mol. The van der Waals surface area contributed by atoms with Crippen molar-refractivity contribution in [3.05, 3.63) is 47.3 Å². The van der Waals surface area contributed by atoms with Crippen LogP contribution in [0.25, 0.3) is 0 Å². The Labute approximate surface area is 114 Å². The molecule has 2 aromatic heterocycles. The van der Waals surface area contributed by atoms with Crippen molar-refractivity contribution in [1.82, 2.24) is 19.9 Å². The van der Waals surface area contributed by atoms with Gasteiger partial charge in [-0.2, -0.15) is 0 Å². The Morgan fingerprint density at radius 2 is 1.95 bits per heavy atom. The molecule has 0 aliphatic heterocycles. The van der Waals surface area contributed by atoms with Crippen molar-refractivity contribution in [2.75, 3.05) is 7.05 Å². The number of aryl methyl sites for hydroxylation is 3. The first kappa shape index (κ1) is 13.7. The second-order valence-corrected chi connectivity index (χ2v) is 4.88. The van der Waals surface area contributed by atoms with Gasteiger partial charge < -0.3 is 9.88 Å². The lowest BCUT2D eigenvalue weighted by molar-refractivity contribution is 0.567. The first-order valence-corrected chi connectivity index (χ1v) is 6.79. The zero-order valence-corrected chi connectivity index (χ0v) is 12.1. The number of rotatable bonds is 5. The Morgan fingerprint density at radius 1 is 1.26 bits per heavy atom. The lowest BCUT2D eigenvalue weighted by atomic mass is 10.1. The summed E-state index contributed by atoms with van der Waals surface area (Å²) in [4.78, 5) is 8.96. The predicted molar refractivity (Wildman–Crippen MR) is 77.1 cm³/mol. The molecule has 0 aliphatic rings. The van der Waals surface area contributed by atoms with Crippen LogP contribution in [0.2, 0.25) is 0 Å². The van der Waals surface area contributed by atoms with E-state index in [9.17, 15) is 0 Å². The van der Waals surface area contributed by atoms with Gasteiger partial charge in [-0.1, -0.05) is 6.92 Å². The van der Waals surface area contributed by atoms with E-state index in [1.165, 1.54) is 5.56 Å². The Bertz CT molecular complexity index is 525. The third-order valence-electron chi connectivity index (χ3n) is 3.20. The van der Waals surface area contributed by atoms with Crippen molar-refractivity contribution in [3.63, 3.8) is 0 Å². The van der Waals surface area contributed by atoms with Crippen LogP contribution in [0.5, 0.6) is 0 Å². The van der Waals surface area contributed by atoms with Gasteiger partial charge >= 0.3 is 0 Å². The van der Waals surface area contributed by atoms with Gasteiger partial charge in [-0.15, -0.1) is 0 Å². The van der Waals surface area contributed by atoms with Gasteiger partial charge in [-0.3, -0.25) is 4.98 Å². The molecule has 2 rings (SSSR count). The number of nitrogens with one attached hydrogen (secondary N) is 1. The van der Waals surface area contributed by atoms with Crippen LogP contribution in [-0.2, 0) is 6.54 Å². The number of aromatic nitrogens is 3. The number of hydrogen-bond donors (Lipinski definition) is 1. The molecule has 0 aliphatic carbocycles. The van der Waals surface area contributed by atoms with Crippen LogP contribution in [0.3, 0.4) is 0 Å². The van der Waals surface area contributed by atoms with Crippen LogP contribution in [0.15, 0.2) is 24.5 Å². The van der Waals surface area contributed by atoms with E-state index < -0.39 is 0 Å². The van der Waals surface area contributed by atoms with E-state index >= 15 is 0 Å². The SMILES string of the molecule is CCCn1ccnc1C(NC)c1cc(C)nc(C)c1. The number of pyridine rings is 1. The second-order valence-electron chi connectivity index (χ2n) is 4.88. The average Bonchev–Trinajstić information content (AvgIpc) is 2.78. The fourth-order valence-corrected chi connectivity index (χ4v) is 2.49. The second kappa shape index (κ2) is 5.97. The Hall–Kier alpha value is -1.68. The first-order chi connectivity index (χ1) is 9.15. The van der Waals surface area contributed by atoms with E-state index in [0.29, 0.717) is 0 Å². The molecular formula is C15H22N4. The highest BCUT2D eigenvalue weighted by molar-refractivity contribution is 5.28. The minimum Gasteiger partial charge on any atom is -0.333 e. The van der Waals surface area contributed by atoms with Crippen molar-refractivity contribution in [2.45, 2.75) is 39.8 Å². The summed E-state index contributed by atoms with van der Waals surface area (Å²) in [5.74, 6) is 1.06. The molecule has 0 saturated heterocycles. The summed E-state index contributed by atoms with van der Waals surface area (Å²) in [5.41, 5.74) is 3.31. The standard InChI is InChI=1S/C15H22N4/c1-5-7-19-8-6-17-15(19)14(16-4)13-9-11(2)18-12(3)10-13/h6,8-10,14,16H,5,7H2,1-4H3. The smallest absolute Gasteiger partial charge is 0.130 e. The quantitative estimate of drug-likeness (QED) is 0.896. The minimum absolute atomic E-state index is 0.113. The topological polar surface area (TPSA) is 42.7 Å². The summed E-state index contributed by atoms with van der Waals surface area (Å²) in [7, 11) is 1.97. The molecule has 102 valence electrons. The monoisotopic (exact) mass is 258 g/mol. The molecule has 1 N–H and O–H groups in total. The van der Waals surface area contributed by atoms with Gasteiger partial charge in [0, 0.05) is 30.3 Å². The fraction of sp³-hybridized carbons (Fsp3) is 0.467. The van der Waals surface area contributed by atoms with Crippen LogP contribution in [0.4, 0.5) is 0 Å². The molecule has 1 unspecified atom stereocenters. The Kier molecular flexibility index (Phi) is 4.32. The number of hydrogen-bond acceptors (Lipinski definition) is 3. The maximum atomic E-state index is 4.52. The molecule has 0 amide bonds. The molecule has 2 heterocycles. The molecule has 19 heavy (non-hydrogen) atoms. The minimum atomic E-state index is 0.113. The van der Waals surface area contributed by atoms with Crippen LogP contribution in [0, 0.1) is 13.8 Å². The molecule has 0 radical (unpaired) electrons. The summed E-state index contributed by atoms with van der Waals surface area (Å²) in [6.45, 7) is 7.24. The largest absolute Gasteiger partial charge is 0.333 e. The molecule has 0 bridgehead atoms. The third kappa shape index (κ3) is 3.01. The maximum Gasteiger partial charge on any atom is 0.130 e. The summed E-state index contributed by atoms with van der Waals surface area (Å²) in [6.07, 6.45) is 5.02. The van der Waals surface area contributed by atoms with Crippen LogP contribution < -0.4 is 5.32 Å². The highest BCUT2D eigenvalue weighted by Gasteiger charge is 2.17. The zero-order valence-electron chi connectivity index (χ0n) is 12.1. The summed E-state index contributed by atoms with van der Waals surface area (Å²) < 4.78 is 2.21. The normalized spacial score (nSPS) is 12.6. The summed E-state index contributed by atoms with van der Waals surface area (Å²) in [6, 6.07) is 4.36. The van der Waals surface area contributed by atoms with E-state index in [0.717, 1.165) is 30.2 Å². The predicted octanol–water partition coefficient (Wildman–Crippen LogP) is 2.61. The number of imidazole rings is 1. The molecule has 1 atom stereocenters.